The SMILES string of the molecule is O=C(COc1ccccc1)N1CCC(CNS(=O)(=O)c2ccccc2Cl)CC1. The molecule has 0 unspecified atom stereocenters. The number of para-hydroxylation sites is 1. The molecule has 1 amide bonds. The van der Waals surface area contributed by atoms with Crippen molar-refractivity contribution >= 4 is 27.5 Å². The molecule has 0 spiro atoms. The molecule has 0 aromatic heterocycles. The van der Waals surface area contributed by atoms with E-state index in [1.54, 1.807) is 23.1 Å². The van der Waals surface area contributed by atoms with Gasteiger partial charge in [0.1, 0.15) is 10.6 Å². The number of carbonyl (C=O) groups excluding carboxylic acids is 1. The molecule has 0 radical (unpaired) electrons. The second-order valence-electron chi connectivity index (χ2n) is 6.71. The van der Waals surface area contributed by atoms with Crippen molar-refractivity contribution in [2.45, 2.75) is 17.7 Å². The van der Waals surface area contributed by atoms with E-state index in [4.69, 9.17) is 16.3 Å². The maximum atomic E-state index is 12.4. The fourth-order valence-corrected chi connectivity index (χ4v) is 4.74. The Morgan fingerprint density at radius 1 is 1.07 bits per heavy atom. The molecular formula is C20H23ClN2O4S. The van der Waals surface area contributed by atoms with Crippen LogP contribution >= 0.6 is 11.6 Å². The zero-order chi connectivity index (χ0) is 20.0. The van der Waals surface area contributed by atoms with Gasteiger partial charge >= 0.3 is 0 Å². The minimum atomic E-state index is -3.64. The van der Waals surface area contributed by atoms with Crippen LogP contribution in [0.25, 0.3) is 0 Å². The smallest absolute Gasteiger partial charge is 0.260 e. The predicted octanol–water partition coefficient (Wildman–Crippen LogP) is 2.94. The van der Waals surface area contributed by atoms with Gasteiger partial charge in [-0.25, -0.2) is 13.1 Å². The number of sulfonamides is 1. The molecule has 6 nitrogen and oxygen atoms in total. The topological polar surface area (TPSA) is 75.7 Å². The Bertz CT molecular complexity index is 897. The summed E-state index contributed by atoms with van der Waals surface area (Å²) < 4.78 is 33.0. The highest BCUT2D eigenvalue weighted by atomic mass is 35.5. The number of benzene rings is 2. The highest BCUT2D eigenvalue weighted by Gasteiger charge is 2.25. The monoisotopic (exact) mass is 422 g/mol. The molecule has 3 rings (SSSR count). The number of ether oxygens (including phenoxy) is 1. The highest BCUT2D eigenvalue weighted by Crippen LogP contribution is 2.22. The van der Waals surface area contributed by atoms with Crippen molar-refractivity contribution in [1.82, 2.24) is 9.62 Å². The lowest BCUT2D eigenvalue weighted by Gasteiger charge is -2.32. The summed E-state index contributed by atoms with van der Waals surface area (Å²) >= 11 is 5.98. The van der Waals surface area contributed by atoms with Crippen LogP contribution in [0, 0.1) is 5.92 Å². The van der Waals surface area contributed by atoms with Crippen molar-refractivity contribution in [1.29, 1.82) is 0 Å². The van der Waals surface area contributed by atoms with Crippen molar-refractivity contribution in [3.05, 3.63) is 59.6 Å². The van der Waals surface area contributed by atoms with Gasteiger partial charge in [-0.2, -0.15) is 0 Å². The van der Waals surface area contributed by atoms with Gasteiger partial charge in [0.05, 0.1) is 5.02 Å². The molecule has 0 aliphatic carbocycles. The van der Waals surface area contributed by atoms with Crippen LogP contribution in [-0.4, -0.2) is 45.5 Å². The van der Waals surface area contributed by atoms with E-state index in [0.29, 0.717) is 25.4 Å². The normalized spacial score (nSPS) is 15.4. The van der Waals surface area contributed by atoms with Gasteiger partial charge in [0.25, 0.3) is 5.91 Å². The summed E-state index contributed by atoms with van der Waals surface area (Å²) in [5.74, 6) is 0.787. The van der Waals surface area contributed by atoms with Gasteiger partial charge in [-0.1, -0.05) is 41.9 Å². The lowest BCUT2D eigenvalue weighted by molar-refractivity contribution is -0.134. The minimum Gasteiger partial charge on any atom is -0.484 e. The summed E-state index contributed by atoms with van der Waals surface area (Å²) in [5.41, 5.74) is 0. The molecule has 1 heterocycles. The van der Waals surface area contributed by atoms with Crippen LogP contribution in [0.3, 0.4) is 0 Å². The van der Waals surface area contributed by atoms with E-state index in [1.165, 1.54) is 6.07 Å². The van der Waals surface area contributed by atoms with Crippen molar-refractivity contribution < 1.29 is 17.9 Å². The van der Waals surface area contributed by atoms with Gasteiger partial charge < -0.3 is 9.64 Å². The predicted molar refractivity (Wildman–Crippen MR) is 108 cm³/mol. The minimum absolute atomic E-state index is 0.00775. The third kappa shape index (κ3) is 5.47. The second-order valence-corrected chi connectivity index (χ2v) is 8.85. The fraction of sp³-hybridized carbons (Fsp3) is 0.350. The molecule has 1 aliphatic rings. The van der Waals surface area contributed by atoms with Crippen LogP contribution in [0.15, 0.2) is 59.5 Å². The van der Waals surface area contributed by atoms with Gasteiger partial charge in [0.2, 0.25) is 10.0 Å². The van der Waals surface area contributed by atoms with Crippen molar-refractivity contribution in [3.63, 3.8) is 0 Å². The van der Waals surface area contributed by atoms with Gasteiger partial charge in [0.15, 0.2) is 6.61 Å². The van der Waals surface area contributed by atoms with Gasteiger partial charge in [-0.3, -0.25) is 4.79 Å². The fourth-order valence-electron chi connectivity index (χ4n) is 3.11. The van der Waals surface area contributed by atoms with E-state index in [2.05, 4.69) is 4.72 Å². The van der Waals surface area contributed by atoms with E-state index in [9.17, 15) is 13.2 Å². The molecule has 8 heteroatoms. The highest BCUT2D eigenvalue weighted by molar-refractivity contribution is 7.89. The lowest BCUT2D eigenvalue weighted by Crippen LogP contribution is -2.43. The first-order valence-electron chi connectivity index (χ1n) is 9.15. The molecule has 0 atom stereocenters. The van der Waals surface area contributed by atoms with Crippen LogP contribution < -0.4 is 9.46 Å². The van der Waals surface area contributed by atoms with Gasteiger partial charge in [-0.05, 0) is 43.0 Å². The first-order valence-corrected chi connectivity index (χ1v) is 11.0. The molecule has 28 heavy (non-hydrogen) atoms. The van der Waals surface area contributed by atoms with E-state index in [0.717, 1.165) is 12.8 Å². The average Bonchev–Trinajstić information content (AvgIpc) is 2.72. The third-order valence-electron chi connectivity index (χ3n) is 4.76. The van der Waals surface area contributed by atoms with E-state index < -0.39 is 10.0 Å². The summed E-state index contributed by atoms with van der Waals surface area (Å²) in [6, 6.07) is 15.6. The molecule has 150 valence electrons. The van der Waals surface area contributed by atoms with E-state index in [-0.39, 0.29) is 28.4 Å². The summed E-state index contributed by atoms with van der Waals surface area (Å²) in [7, 11) is -3.64. The number of hydrogen-bond donors (Lipinski definition) is 1. The maximum Gasteiger partial charge on any atom is 0.260 e. The average molecular weight is 423 g/mol. The zero-order valence-electron chi connectivity index (χ0n) is 15.4. The molecule has 1 aliphatic heterocycles. The standard InChI is InChI=1S/C20H23ClN2O4S/c21-18-8-4-5-9-19(18)28(25,26)22-14-16-10-12-23(13-11-16)20(24)15-27-17-6-2-1-3-7-17/h1-9,16,22H,10-15H2. The Morgan fingerprint density at radius 3 is 2.39 bits per heavy atom. The van der Waals surface area contributed by atoms with E-state index in [1.807, 2.05) is 30.3 Å². The third-order valence-corrected chi connectivity index (χ3v) is 6.68. The Balaban J connectivity index is 1.44. The molecule has 2 aromatic rings. The molecule has 0 bridgehead atoms. The quantitative estimate of drug-likeness (QED) is 0.744. The van der Waals surface area contributed by atoms with Crippen LogP contribution in [0.1, 0.15) is 12.8 Å². The van der Waals surface area contributed by atoms with E-state index >= 15 is 0 Å². The molecule has 1 fully saturated rings. The number of rotatable bonds is 7. The number of carbonyl (C=O) groups is 1. The van der Waals surface area contributed by atoms with Gasteiger partial charge in [0, 0.05) is 19.6 Å². The second kappa shape index (κ2) is 9.41. The Kier molecular flexibility index (Phi) is 6.93. The van der Waals surface area contributed by atoms with Crippen molar-refractivity contribution in [2.24, 2.45) is 5.92 Å². The first-order chi connectivity index (χ1) is 13.5. The van der Waals surface area contributed by atoms with Crippen LogP contribution in [0.4, 0.5) is 0 Å². The number of amides is 1. The van der Waals surface area contributed by atoms with Crippen LogP contribution in [0.2, 0.25) is 5.02 Å². The van der Waals surface area contributed by atoms with Crippen LogP contribution in [0.5, 0.6) is 5.75 Å². The molecule has 1 saturated heterocycles. The number of hydrogen-bond acceptors (Lipinski definition) is 4. The lowest BCUT2D eigenvalue weighted by atomic mass is 9.97. The molecule has 0 saturated carbocycles. The number of halogens is 1. The number of piperidine rings is 1. The number of likely N-dealkylation sites (tertiary alicyclic amines) is 1. The number of nitrogens with zero attached hydrogens (tertiary/aromatic N) is 1. The van der Waals surface area contributed by atoms with Crippen LogP contribution in [-0.2, 0) is 14.8 Å². The van der Waals surface area contributed by atoms with Crippen molar-refractivity contribution in [2.75, 3.05) is 26.2 Å². The Hall–Kier alpha value is -2.09. The number of nitrogens with one attached hydrogen (secondary N) is 1. The summed E-state index contributed by atoms with van der Waals surface area (Å²) in [4.78, 5) is 14.1. The maximum absolute atomic E-state index is 12.4. The Morgan fingerprint density at radius 2 is 1.71 bits per heavy atom. The molecular weight excluding hydrogens is 400 g/mol. The summed E-state index contributed by atoms with van der Waals surface area (Å²) in [6.07, 6.45) is 1.48. The summed E-state index contributed by atoms with van der Waals surface area (Å²) in [6.45, 7) is 1.52. The Labute approximate surface area is 170 Å². The largest absolute Gasteiger partial charge is 0.484 e. The zero-order valence-corrected chi connectivity index (χ0v) is 17.0. The van der Waals surface area contributed by atoms with Crippen molar-refractivity contribution in [3.8, 4) is 5.75 Å². The first kappa shape index (κ1) is 20.6. The summed E-state index contributed by atoms with van der Waals surface area (Å²) in [5, 5.41) is 0.203. The van der Waals surface area contributed by atoms with Gasteiger partial charge in [-0.15, -0.1) is 0 Å². The molecule has 2 aromatic carbocycles. The molecule has 1 N–H and O–H groups in total.